The van der Waals surface area contributed by atoms with Gasteiger partial charge in [0.15, 0.2) is 0 Å². The molecule has 1 aromatic heterocycles. The van der Waals surface area contributed by atoms with Crippen molar-refractivity contribution in [1.29, 1.82) is 0 Å². The lowest BCUT2D eigenvalue weighted by atomic mass is 10.1. The van der Waals surface area contributed by atoms with Gasteiger partial charge in [0.25, 0.3) is 0 Å². The maximum atomic E-state index is 11.2. The lowest BCUT2D eigenvalue weighted by Crippen LogP contribution is -2.34. The number of carbonyl (C=O) groups is 1. The fourth-order valence-electron chi connectivity index (χ4n) is 0.997. The Bertz CT molecular complexity index is 289. The van der Waals surface area contributed by atoms with E-state index < -0.39 is 12.0 Å². The molecule has 2 N–H and O–H groups in total. The molecule has 1 unspecified atom stereocenters. The summed E-state index contributed by atoms with van der Waals surface area (Å²) < 4.78 is 4.77. The topological polar surface area (TPSA) is 78.1 Å². The first-order valence-electron chi connectivity index (χ1n) is 4.41. The highest BCUT2D eigenvalue weighted by molar-refractivity contribution is 5.75. The van der Waals surface area contributed by atoms with E-state index in [4.69, 9.17) is 10.5 Å². The van der Waals surface area contributed by atoms with Gasteiger partial charge >= 0.3 is 5.97 Å². The monoisotopic (exact) mass is 195 g/mol. The summed E-state index contributed by atoms with van der Waals surface area (Å²) in [6.07, 6.45) is 3.41. The zero-order valence-corrected chi connectivity index (χ0v) is 8.01. The summed E-state index contributed by atoms with van der Waals surface area (Å²) in [5.74, 6) is -0.397. The van der Waals surface area contributed by atoms with Crippen LogP contribution in [0.1, 0.15) is 12.6 Å². The molecule has 1 atom stereocenters. The number of hydrogen-bond donors (Lipinski definition) is 1. The predicted octanol–water partition coefficient (Wildman–Crippen LogP) is -0.0905. The first kappa shape index (κ1) is 10.6. The number of nitrogens with zero attached hydrogens (tertiary/aromatic N) is 2. The fourth-order valence-corrected chi connectivity index (χ4v) is 0.997. The van der Waals surface area contributed by atoms with E-state index in [0.717, 1.165) is 5.69 Å². The van der Waals surface area contributed by atoms with Gasteiger partial charge in [-0.3, -0.25) is 4.79 Å². The zero-order chi connectivity index (χ0) is 10.4. The summed E-state index contributed by atoms with van der Waals surface area (Å²) in [5.41, 5.74) is 6.34. The molecular weight excluding hydrogens is 182 g/mol. The standard InChI is InChI=1S/C9H13N3O2/c1-2-14-9(13)8(10)5-7-3-4-11-6-12-7/h3-4,6,8H,2,5,10H2,1H3. The Morgan fingerprint density at radius 1 is 1.71 bits per heavy atom. The molecule has 5 heteroatoms. The second-order valence-electron chi connectivity index (χ2n) is 2.76. The van der Waals surface area contributed by atoms with Crippen LogP contribution in [0.4, 0.5) is 0 Å². The van der Waals surface area contributed by atoms with Crippen molar-refractivity contribution in [2.45, 2.75) is 19.4 Å². The minimum Gasteiger partial charge on any atom is -0.465 e. The molecule has 0 radical (unpaired) electrons. The number of nitrogens with two attached hydrogens (primary N) is 1. The maximum Gasteiger partial charge on any atom is 0.323 e. The molecule has 0 fully saturated rings. The number of rotatable bonds is 4. The van der Waals surface area contributed by atoms with Crippen LogP contribution in [0.25, 0.3) is 0 Å². The van der Waals surface area contributed by atoms with Crippen LogP contribution >= 0.6 is 0 Å². The van der Waals surface area contributed by atoms with Crippen molar-refractivity contribution in [2.75, 3.05) is 6.61 Å². The Balaban J connectivity index is 2.49. The van der Waals surface area contributed by atoms with E-state index in [9.17, 15) is 4.79 Å². The number of esters is 1. The van der Waals surface area contributed by atoms with Crippen molar-refractivity contribution in [1.82, 2.24) is 9.97 Å². The van der Waals surface area contributed by atoms with Crippen LogP contribution in [0.15, 0.2) is 18.6 Å². The Labute approximate surface area is 82.3 Å². The second kappa shape index (κ2) is 5.29. The molecule has 0 saturated heterocycles. The summed E-state index contributed by atoms with van der Waals surface area (Å²) in [4.78, 5) is 18.9. The molecule has 0 amide bonds. The van der Waals surface area contributed by atoms with Gasteiger partial charge in [0.2, 0.25) is 0 Å². The third kappa shape index (κ3) is 3.10. The van der Waals surface area contributed by atoms with Crippen LogP contribution in [0, 0.1) is 0 Å². The SMILES string of the molecule is CCOC(=O)C(N)Cc1ccncn1. The van der Waals surface area contributed by atoms with Gasteiger partial charge in [0.05, 0.1) is 6.61 Å². The molecular formula is C9H13N3O2. The van der Waals surface area contributed by atoms with Gasteiger partial charge in [-0.25, -0.2) is 9.97 Å². The maximum absolute atomic E-state index is 11.2. The van der Waals surface area contributed by atoms with Gasteiger partial charge in [0, 0.05) is 18.3 Å². The molecule has 76 valence electrons. The molecule has 0 bridgehead atoms. The Kier molecular flexibility index (Phi) is 4.00. The predicted molar refractivity (Wildman–Crippen MR) is 50.3 cm³/mol. The van der Waals surface area contributed by atoms with Crippen LogP contribution in [0.5, 0.6) is 0 Å². The third-order valence-corrected chi connectivity index (χ3v) is 1.66. The average molecular weight is 195 g/mol. The smallest absolute Gasteiger partial charge is 0.323 e. The molecule has 0 spiro atoms. The molecule has 0 saturated carbocycles. The molecule has 5 nitrogen and oxygen atoms in total. The Morgan fingerprint density at radius 2 is 2.50 bits per heavy atom. The molecule has 1 rings (SSSR count). The van der Waals surface area contributed by atoms with Crippen molar-refractivity contribution in [2.24, 2.45) is 5.73 Å². The van der Waals surface area contributed by atoms with E-state index in [2.05, 4.69) is 9.97 Å². The van der Waals surface area contributed by atoms with Gasteiger partial charge in [-0.15, -0.1) is 0 Å². The molecule has 0 aliphatic heterocycles. The minimum atomic E-state index is -0.648. The summed E-state index contributed by atoms with van der Waals surface area (Å²) >= 11 is 0. The lowest BCUT2D eigenvalue weighted by molar-refractivity contribution is -0.144. The molecule has 1 heterocycles. The van der Waals surface area contributed by atoms with Gasteiger partial charge in [-0.2, -0.15) is 0 Å². The van der Waals surface area contributed by atoms with Gasteiger partial charge < -0.3 is 10.5 Å². The van der Waals surface area contributed by atoms with Crippen LogP contribution in [0.3, 0.4) is 0 Å². The molecule has 1 aromatic rings. The molecule has 14 heavy (non-hydrogen) atoms. The van der Waals surface area contributed by atoms with Crippen molar-refractivity contribution >= 4 is 5.97 Å². The van der Waals surface area contributed by atoms with Gasteiger partial charge in [-0.05, 0) is 13.0 Å². The van der Waals surface area contributed by atoms with Crippen LogP contribution in [0.2, 0.25) is 0 Å². The zero-order valence-electron chi connectivity index (χ0n) is 8.01. The largest absolute Gasteiger partial charge is 0.465 e. The summed E-state index contributed by atoms with van der Waals surface area (Å²) in [6, 6.07) is 1.07. The van der Waals surface area contributed by atoms with Crippen molar-refractivity contribution in [3.05, 3.63) is 24.3 Å². The highest BCUT2D eigenvalue weighted by Crippen LogP contribution is 1.97. The van der Waals surface area contributed by atoms with E-state index in [0.29, 0.717) is 13.0 Å². The quantitative estimate of drug-likeness (QED) is 0.679. The van der Waals surface area contributed by atoms with E-state index >= 15 is 0 Å². The minimum absolute atomic E-state index is 0.344. The van der Waals surface area contributed by atoms with Crippen LogP contribution < -0.4 is 5.73 Å². The van der Waals surface area contributed by atoms with Gasteiger partial charge in [-0.1, -0.05) is 0 Å². The highest BCUT2D eigenvalue weighted by atomic mass is 16.5. The molecule has 0 aromatic carbocycles. The van der Waals surface area contributed by atoms with Crippen LogP contribution in [-0.4, -0.2) is 28.6 Å². The number of carbonyl (C=O) groups excluding carboxylic acids is 1. The summed E-state index contributed by atoms with van der Waals surface area (Å²) in [5, 5.41) is 0. The van der Waals surface area contributed by atoms with Crippen LogP contribution in [-0.2, 0) is 16.0 Å². The van der Waals surface area contributed by atoms with Crippen molar-refractivity contribution in [3.63, 3.8) is 0 Å². The summed E-state index contributed by atoms with van der Waals surface area (Å²) in [6.45, 7) is 2.09. The number of hydrogen-bond acceptors (Lipinski definition) is 5. The van der Waals surface area contributed by atoms with E-state index in [1.165, 1.54) is 6.33 Å². The lowest BCUT2D eigenvalue weighted by Gasteiger charge is -2.09. The Hall–Kier alpha value is -1.49. The first-order chi connectivity index (χ1) is 6.74. The second-order valence-corrected chi connectivity index (χ2v) is 2.76. The normalized spacial score (nSPS) is 12.1. The summed E-state index contributed by atoms with van der Waals surface area (Å²) in [7, 11) is 0. The van der Waals surface area contributed by atoms with E-state index in [1.54, 1.807) is 19.2 Å². The van der Waals surface area contributed by atoms with E-state index in [1.807, 2.05) is 0 Å². The average Bonchev–Trinajstić information content (AvgIpc) is 2.19. The van der Waals surface area contributed by atoms with Gasteiger partial charge in [0.1, 0.15) is 12.4 Å². The fraction of sp³-hybridized carbons (Fsp3) is 0.444. The van der Waals surface area contributed by atoms with E-state index in [-0.39, 0.29) is 0 Å². The third-order valence-electron chi connectivity index (χ3n) is 1.66. The first-order valence-corrected chi connectivity index (χ1v) is 4.41. The highest BCUT2D eigenvalue weighted by Gasteiger charge is 2.15. The number of ether oxygens (including phenoxy) is 1. The Morgan fingerprint density at radius 3 is 3.07 bits per heavy atom. The van der Waals surface area contributed by atoms with Crippen molar-refractivity contribution < 1.29 is 9.53 Å². The van der Waals surface area contributed by atoms with Crippen molar-refractivity contribution in [3.8, 4) is 0 Å². The molecule has 0 aliphatic carbocycles. The number of aromatic nitrogens is 2. The molecule has 0 aliphatic rings.